The summed E-state index contributed by atoms with van der Waals surface area (Å²) in [5.74, 6) is 1.04. The van der Waals surface area contributed by atoms with Crippen LogP contribution in [-0.2, 0) is 20.2 Å². The van der Waals surface area contributed by atoms with Crippen molar-refractivity contribution in [2.45, 2.75) is 30.4 Å². The summed E-state index contributed by atoms with van der Waals surface area (Å²) >= 11 is 1.16. The largest absolute Gasteiger partial charge is 0.484 e. The highest BCUT2D eigenvalue weighted by molar-refractivity contribution is 7.94. The van der Waals surface area contributed by atoms with Gasteiger partial charge in [-0.25, -0.2) is 8.42 Å². The van der Waals surface area contributed by atoms with Crippen LogP contribution in [-0.4, -0.2) is 33.1 Å². The molecule has 2 aromatic heterocycles. The molecule has 3 rings (SSSR count). The maximum Gasteiger partial charge on any atom is 0.273 e. The van der Waals surface area contributed by atoms with Crippen molar-refractivity contribution < 1.29 is 22.5 Å². The van der Waals surface area contributed by atoms with Gasteiger partial charge in [-0.05, 0) is 35.7 Å². The highest BCUT2D eigenvalue weighted by Crippen LogP contribution is 2.27. The molecule has 0 atom stereocenters. The number of carbonyl (C=O) groups is 1. The number of amides is 1. The van der Waals surface area contributed by atoms with Gasteiger partial charge in [-0.1, -0.05) is 32.0 Å². The highest BCUT2D eigenvalue weighted by atomic mass is 32.2. The van der Waals surface area contributed by atoms with E-state index in [1.165, 1.54) is 11.4 Å². The van der Waals surface area contributed by atoms with E-state index in [0.717, 1.165) is 11.3 Å². The normalized spacial score (nSPS) is 11.9. The van der Waals surface area contributed by atoms with Gasteiger partial charge in [0, 0.05) is 18.5 Å². The fraction of sp³-hybridized carbons (Fsp3) is 0.300. The summed E-state index contributed by atoms with van der Waals surface area (Å²) < 4.78 is 37.3. The first-order valence-corrected chi connectivity index (χ1v) is 11.4. The van der Waals surface area contributed by atoms with Gasteiger partial charge in [-0.2, -0.15) is 0 Å². The van der Waals surface area contributed by atoms with E-state index in [1.54, 1.807) is 47.8 Å². The Balaban J connectivity index is 1.57. The zero-order valence-electron chi connectivity index (χ0n) is 17.1. The number of nitrogens with one attached hydrogen (secondary N) is 1. The number of sulfonamides is 1. The first kappa shape index (κ1) is 21.8. The lowest BCUT2D eigenvalue weighted by Crippen LogP contribution is -2.25. The zero-order valence-corrected chi connectivity index (χ0v) is 18.7. The van der Waals surface area contributed by atoms with Gasteiger partial charge in [0.2, 0.25) is 0 Å². The molecule has 30 heavy (non-hydrogen) atoms. The lowest BCUT2D eigenvalue weighted by atomic mass is 9.93. The smallest absolute Gasteiger partial charge is 0.273 e. The second kappa shape index (κ2) is 8.49. The van der Waals surface area contributed by atoms with Gasteiger partial charge in [-0.3, -0.25) is 9.10 Å². The van der Waals surface area contributed by atoms with Crippen LogP contribution in [0, 0.1) is 0 Å². The molecule has 0 aliphatic rings. The van der Waals surface area contributed by atoms with Gasteiger partial charge >= 0.3 is 0 Å². The van der Waals surface area contributed by atoms with Crippen molar-refractivity contribution >= 4 is 38.8 Å². The number of benzene rings is 1. The molecule has 160 valence electrons. The maximum absolute atomic E-state index is 12.6. The fourth-order valence-corrected chi connectivity index (χ4v) is 4.81. The predicted octanol–water partition coefficient (Wildman–Crippen LogP) is 3.88. The van der Waals surface area contributed by atoms with Crippen molar-refractivity contribution in [2.24, 2.45) is 0 Å². The van der Waals surface area contributed by atoms with Crippen molar-refractivity contribution in [3.8, 4) is 5.75 Å². The summed E-state index contributed by atoms with van der Waals surface area (Å²) in [5, 5.41) is 8.16. The summed E-state index contributed by atoms with van der Waals surface area (Å²) in [4.78, 5) is 12.1. The van der Waals surface area contributed by atoms with Crippen LogP contribution >= 0.6 is 11.3 Å². The average molecular weight is 450 g/mol. The molecule has 0 aliphatic carbocycles. The molecular formula is C20H23N3O5S2. The minimum atomic E-state index is -3.60. The number of anilines is 2. The Hall–Kier alpha value is -2.85. The summed E-state index contributed by atoms with van der Waals surface area (Å²) in [6.07, 6.45) is 0. The predicted molar refractivity (Wildman–Crippen MR) is 116 cm³/mol. The van der Waals surface area contributed by atoms with Crippen LogP contribution in [0.2, 0.25) is 0 Å². The van der Waals surface area contributed by atoms with Crippen molar-refractivity contribution in [3.63, 3.8) is 0 Å². The first-order chi connectivity index (χ1) is 14.1. The molecule has 0 aliphatic heterocycles. The molecule has 0 fully saturated rings. The van der Waals surface area contributed by atoms with Crippen molar-refractivity contribution in [1.82, 2.24) is 5.16 Å². The molecule has 8 nitrogen and oxygen atoms in total. The van der Waals surface area contributed by atoms with Crippen LogP contribution in [0.15, 0.2) is 56.6 Å². The van der Waals surface area contributed by atoms with Crippen LogP contribution in [0.25, 0.3) is 0 Å². The Morgan fingerprint density at radius 1 is 1.23 bits per heavy atom. The minimum Gasteiger partial charge on any atom is -0.484 e. The van der Waals surface area contributed by atoms with E-state index >= 15 is 0 Å². The van der Waals surface area contributed by atoms with Crippen LogP contribution < -0.4 is 14.4 Å². The molecule has 1 aromatic carbocycles. The Labute approximate surface area is 179 Å². The van der Waals surface area contributed by atoms with Gasteiger partial charge < -0.3 is 14.6 Å². The van der Waals surface area contributed by atoms with Crippen molar-refractivity contribution in [3.05, 3.63) is 53.6 Å². The van der Waals surface area contributed by atoms with E-state index in [2.05, 4.69) is 10.5 Å². The Kier molecular flexibility index (Phi) is 6.18. The highest BCUT2D eigenvalue weighted by Gasteiger charge is 2.22. The SMILES string of the molecule is CN(c1ccc(OCC(=O)Nc2cc(C(C)(C)C)on2)cc1)S(=O)(=O)c1cccs1. The standard InChI is InChI=1S/C20H23N3O5S2/c1-20(2,3)16-12-17(22-28-16)21-18(24)13-27-15-9-7-14(8-10-15)23(4)30(25,26)19-6-5-11-29-19/h5-12H,13H2,1-4H3,(H,21,22,24). The Morgan fingerprint density at radius 2 is 1.93 bits per heavy atom. The van der Waals surface area contributed by atoms with E-state index in [-0.39, 0.29) is 22.1 Å². The number of thiophene rings is 1. The number of rotatable bonds is 7. The molecule has 3 aromatic rings. The topological polar surface area (TPSA) is 102 Å². The van der Waals surface area contributed by atoms with Crippen molar-refractivity contribution in [1.29, 1.82) is 0 Å². The number of hydrogen-bond acceptors (Lipinski definition) is 7. The van der Waals surface area contributed by atoms with Crippen LogP contribution in [0.4, 0.5) is 11.5 Å². The van der Waals surface area contributed by atoms with Crippen LogP contribution in [0.1, 0.15) is 26.5 Å². The second-order valence-corrected chi connectivity index (χ2v) is 10.7. The van der Waals surface area contributed by atoms with Crippen LogP contribution in [0.3, 0.4) is 0 Å². The number of nitrogens with zero attached hydrogens (tertiary/aromatic N) is 2. The van der Waals surface area contributed by atoms with E-state index < -0.39 is 10.0 Å². The molecule has 10 heteroatoms. The van der Waals surface area contributed by atoms with Gasteiger partial charge in [-0.15, -0.1) is 11.3 Å². The third-order valence-corrected chi connectivity index (χ3v) is 7.36. The zero-order chi connectivity index (χ0) is 21.9. The van der Waals surface area contributed by atoms with Gasteiger partial charge in [0.15, 0.2) is 12.4 Å². The van der Waals surface area contributed by atoms with Gasteiger partial charge in [0.05, 0.1) is 5.69 Å². The summed E-state index contributed by atoms with van der Waals surface area (Å²) in [6.45, 7) is 5.72. The number of hydrogen-bond donors (Lipinski definition) is 1. The fourth-order valence-electron chi connectivity index (χ4n) is 2.45. The lowest BCUT2D eigenvalue weighted by molar-refractivity contribution is -0.118. The number of ether oxygens (including phenoxy) is 1. The quantitative estimate of drug-likeness (QED) is 0.587. The third-order valence-electron chi connectivity index (χ3n) is 4.20. The minimum absolute atomic E-state index is 0.210. The van der Waals surface area contributed by atoms with Crippen LogP contribution in [0.5, 0.6) is 5.75 Å². The van der Waals surface area contributed by atoms with E-state index in [1.807, 2.05) is 20.8 Å². The number of carbonyl (C=O) groups excluding carboxylic acids is 1. The van der Waals surface area contributed by atoms with E-state index in [0.29, 0.717) is 23.0 Å². The van der Waals surface area contributed by atoms with Crippen molar-refractivity contribution in [2.75, 3.05) is 23.3 Å². The van der Waals surface area contributed by atoms with E-state index in [9.17, 15) is 13.2 Å². The van der Waals surface area contributed by atoms with Gasteiger partial charge in [0.1, 0.15) is 15.7 Å². The molecule has 0 bridgehead atoms. The maximum atomic E-state index is 12.6. The average Bonchev–Trinajstić information content (AvgIpc) is 3.38. The molecule has 0 spiro atoms. The summed E-state index contributed by atoms with van der Waals surface area (Å²) in [7, 11) is -2.11. The number of aromatic nitrogens is 1. The second-order valence-electron chi connectivity index (χ2n) is 7.56. The van der Waals surface area contributed by atoms with E-state index in [4.69, 9.17) is 9.26 Å². The lowest BCUT2D eigenvalue weighted by Gasteiger charge is -2.18. The molecule has 2 heterocycles. The molecule has 0 saturated carbocycles. The first-order valence-electron chi connectivity index (χ1n) is 9.10. The Bertz CT molecular complexity index is 1100. The Morgan fingerprint density at radius 3 is 2.50 bits per heavy atom. The summed E-state index contributed by atoms with van der Waals surface area (Å²) in [6, 6.07) is 11.4. The molecular weight excluding hydrogens is 426 g/mol. The molecule has 0 radical (unpaired) electrons. The summed E-state index contributed by atoms with van der Waals surface area (Å²) in [5.41, 5.74) is 0.274. The molecule has 0 unspecified atom stereocenters. The molecule has 1 amide bonds. The third kappa shape index (κ3) is 5.00. The van der Waals surface area contributed by atoms with Gasteiger partial charge in [0.25, 0.3) is 15.9 Å². The molecule has 0 saturated heterocycles. The molecule has 1 N–H and O–H groups in total. The monoisotopic (exact) mass is 449 g/mol.